The molecule has 0 aromatic heterocycles. The van der Waals surface area contributed by atoms with Crippen molar-refractivity contribution >= 4 is 0 Å². The van der Waals surface area contributed by atoms with Crippen molar-refractivity contribution in [2.45, 2.75) is 6.92 Å². The molecule has 50 valence electrons. The van der Waals surface area contributed by atoms with Gasteiger partial charge in [0.2, 0.25) is 0 Å². The molecular weight excluding hydrogens is 122 g/mol. The fourth-order valence-electron chi connectivity index (χ4n) is 0.323. The van der Waals surface area contributed by atoms with Crippen LogP contribution in [0.4, 0.5) is 8.78 Å². The van der Waals surface area contributed by atoms with Crippen molar-refractivity contribution in [2.75, 3.05) is 0 Å². The van der Waals surface area contributed by atoms with Crippen LogP contribution in [-0.4, -0.2) is 0 Å². The van der Waals surface area contributed by atoms with E-state index in [1.54, 1.807) is 6.92 Å². The van der Waals surface area contributed by atoms with Gasteiger partial charge in [0.15, 0.2) is 11.7 Å². The lowest BCUT2D eigenvalue weighted by Gasteiger charge is -1.84. The predicted molar refractivity (Wildman–Crippen MR) is 34.3 cm³/mol. The van der Waals surface area contributed by atoms with Crippen LogP contribution in [-0.2, 0) is 0 Å². The second kappa shape index (κ2) is 4.01. The number of halogens is 2. The van der Waals surface area contributed by atoms with Gasteiger partial charge in [-0.3, -0.25) is 0 Å². The fraction of sp³-hybridized carbons (Fsp3) is 0.143. The maximum absolute atomic E-state index is 12.1. The summed E-state index contributed by atoms with van der Waals surface area (Å²) < 4.78 is 24.2. The van der Waals surface area contributed by atoms with E-state index in [1.807, 2.05) is 0 Å². The summed E-state index contributed by atoms with van der Waals surface area (Å²) in [5, 5.41) is 0. The molecule has 0 bridgehead atoms. The molecule has 0 aliphatic rings. The summed E-state index contributed by atoms with van der Waals surface area (Å²) in [5.74, 6) is -1.81. The number of hydrogen-bond acceptors (Lipinski definition) is 0. The van der Waals surface area contributed by atoms with E-state index in [2.05, 4.69) is 6.58 Å². The Labute approximate surface area is 53.2 Å². The van der Waals surface area contributed by atoms with E-state index in [4.69, 9.17) is 0 Å². The molecule has 0 unspecified atom stereocenters. The van der Waals surface area contributed by atoms with Gasteiger partial charge in [-0.1, -0.05) is 12.7 Å². The molecule has 0 atom stereocenters. The largest absolute Gasteiger partial charge is 0.204 e. The van der Waals surface area contributed by atoms with Crippen molar-refractivity contribution in [3.63, 3.8) is 0 Å². The topological polar surface area (TPSA) is 0 Å². The predicted octanol–water partition coefficient (Wildman–Crippen LogP) is 2.90. The Hall–Kier alpha value is -0.920. The molecule has 0 aliphatic heterocycles. The van der Waals surface area contributed by atoms with E-state index in [-0.39, 0.29) is 0 Å². The molecule has 0 spiro atoms. The van der Waals surface area contributed by atoms with Crippen LogP contribution < -0.4 is 0 Å². The molecule has 0 N–H and O–H groups in total. The molecule has 0 fully saturated rings. The zero-order valence-electron chi connectivity index (χ0n) is 5.20. The summed E-state index contributed by atoms with van der Waals surface area (Å²) in [6.45, 7) is 4.66. The average Bonchev–Trinajstić information content (AvgIpc) is 1.87. The van der Waals surface area contributed by atoms with Crippen LogP contribution in [0.2, 0.25) is 0 Å². The maximum atomic E-state index is 12.1. The Morgan fingerprint density at radius 2 is 1.89 bits per heavy atom. The molecule has 0 aromatic carbocycles. The van der Waals surface area contributed by atoms with E-state index < -0.39 is 11.7 Å². The van der Waals surface area contributed by atoms with Crippen molar-refractivity contribution in [2.24, 2.45) is 0 Å². The number of allylic oxidation sites excluding steroid dienone is 5. The van der Waals surface area contributed by atoms with Gasteiger partial charge < -0.3 is 0 Å². The van der Waals surface area contributed by atoms with Gasteiger partial charge >= 0.3 is 0 Å². The highest BCUT2D eigenvalue weighted by Gasteiger charge is 1.94. The van der Waals surface area contributed by atoms with Crippen LogP contribution >= 0.6 is 0 Å². The zero-order valence-corrected chi connectivity index (χ0v) is 5.20. The molecule has 9 heavy (non-hydrogen) atoms. The summed E-state index contributed by atoms with van der Waals surface area (Å²) >= 11 is 0. The van der Waals surface area contributed by atoms with Gasteiger partial charge in [-0.25, -0.2) is 8.78 Å². The van der Waals surface area contributed by atoms with Gasteiger partial charge in [-0.2, -0.15) is 0 Å². The van der Waals surface area contributed by atoms with E-state index in [0.717, 1.165) is 12.2 Å². The summed E-state index contributed by atoms with van der Waals surface area (Å²) in [6.07, 6.45) is 3.28. The van der Waals surface area contributed by atoms with E-state index in [1.165, 1.54) is 6.08 Å². The normalized spacial score (nSPS) is 13.7. The Morgan fingerprint density at radius 3 is 2.22 bits per heavy atom. The van der Waals surface area contributed by atoms with Gasteiger partial charge in [-0.15, -0.1) is 0 Å². The molecule has 0 aliphatic carbocycles. The lowest BCUT2D eigenvalue weighted by atomic mass is 10.4. The van der Waals surface area contributed by atoms with Crippen LogP contribution in [0.1, 0.15) is 6.92 Å². The van der Waals surface area contributed by atoms with Crippen LogP contribution in [0.15, 0.2) is 36.5 Å². The molecule has 0 nitrogen and oxygen atoms in total. The average molecular weight is 130 g/mol. The molecule has 2 heteroatoms. The number of hydrogen-bond donors (Lipinski definition) is 0. The minimum Gasteiger partial charge on any atom is -0.204 e. The van der Waals surface area contributed by atoms with Crippen molar-refractivity contribution in [3.8, 4) is 0 Å². The second-order valence-corrected chi connectivity index (χ2v) is 1.40. The highest BCUT2D eigenvalue weighted by molar-refractivity contribution is 5.21. The first-order chi connectivity index (χ1) is 4.22. The first-order valence-electron chi connectivity index (χ1n) is 2.52. The Bertz CT molecular complexity index is 154. The van der Waals surface area contributed by atoms with E-state index >= 15 is 0 Å². The Morgan fingerprint density at radius 1 is 1.33 bits per heavy atom. The molecular formula is C7H8F2. The Kier molecular flexibility index (Phi) is 3.60. The smallest absolute Gasteiger partial charge is 0.158 e. The van der Waals surface area contributed by atoms with Crippen LogP contribution in [0.3, 0.4) is 0 Å². The first-order valence-corrected chi connectivity index (χ1v) is 2.52. The van der Waals surface area contributed by atoms with Gasteiger partial charge in [-0.05, 0) is 19.1 Å². The molecule has 0 rings (SSSR count). The quantitative estimate of drug-likeness (QED) is 0.504. The highest BCUT2D eigenvalue weighted by Crippen LogP contribution is 2.09. The van der Waals surface area contributed by atoms with Crippen LogP contribution in [0.5, 0.6) is 0 Å². The zero-order chi connectivity index (χ0) is 7.28. The molecule has 0 radical (unpaired) electrons. The van der Waals surface area contributed by atoms with Gasteiger partial charge in [0.1, 0.15) is 0 Å². The maximum Gasteiger partial charge on any atom is 0.158 e. The van der Waals surface area contributed by atoms with E-state index in [0.29, 0.717) is 0 Å². The van der Waals surface area contributed by atoms with Gasteiger partial charge in [0.05, 0.1) is 0 Å². The minimum atomic E-state index is -0.923. The lowest BCUT2D eigenvalue weighted by molar-refractivity contribution is 0.573. The summed E-state index contributed by atoms with van der Waals surface area (Å²) in [5.41, 5.74) is 0. The molecule has 0 saturated carbocycles. The van der Waals surface area contributed by atoms with Crippen molar-refractivity contribution in [1.29, 1.82) is 0 Å². The summed E-state index contributed by atoms with van der Waals surface area (Å²) in [4.78, 5) is 0. The van der Waals surface area contributed by atoms with E-state index in [9.17, 15) is 8.78 Å². The third-order valence-corrected chi connectivity index (χ3v) is 0.720. The lowest BCUT2D eigenvalue weighted by Crippen LogP contribution is -1.69. The second-order valence-electron chi connectivity index (χ2n) is 1.40. The molecule has 0 heterocycles. The van der Waals surface area contributed by atoms with Crippen molar-refractivity contribution in [3.05, 3.63) is 36.5 Å². The standard InChI is InChI=1S/C7H8F2/c1-3-5-7(9)6(8)4-2/h3-5H,2H2,1H3/b5-3-,7-6-. The third-order valence-electron chi connectivity index (χ3n) is 0.720. The van der Waals surface area contributed by atoms with Gasteiger partial charge in [0.25, 0.3) is 0 Å². The van der Waals surface area contributed by atoms with Crippen molar-refractivity contribution < 1.29 is 8.78 Å². The minimum absolute atomic E-state index is 0.829. The van der Waals surface area contributed by atoms with Crippen LogP contribution in [0.25, 0.3) is 0 Å². The SMILES string of the molecule is C=C/C(F)=C(F)\C=C/C. The first kappa shape index (κ1) is 8.08. The fourth-order valence-corrected chi connectivity index (χ4v) is 0.323. The molecule has 0 saturated heterocycles. The summed E-state index contributed by atoms with van der Waals surface area (Å²) in [6, 6.07) is 0. The van der Waals surface area contributed by atoms with Crippen LogP contribution in [0, 0.1) is 0 Å². The molecule has 0 amide bonds. The summed E-state index contributed by atoms with van der Waals surface area (Å²) in [7, 11) is 0. The Balaban J connectivity index is 4.27. The highest BCUT2D eigenvalue weighted by atomic mass is 19.2. The van der Waals surface area contributed by atoms with Crippen molar-refractivity contribution in [1.82, 2.24) is 0 Å². The third kappa shape index (κ3) is 2.80. The van der Waals surface area contributed by atoms with Gasteiger partial charge in [0, 0.05) is 0 Å². The monoisotopic (exact) mass is 130 g/mol. The molecule has 0 aromatic rings. The number of rotatable bonds is 2.